The molecule has 0 aromatic carbocycles. The van der Waals surface area contributed by atoms with Gasteiger partial charge in [0.15, 0.2) is 5.79 Å². The minimum atomic E-state index is -0.665. The van der Waals surface area contributed by atoms with Gasteiger partial charge >= 0.3 is 0 Å². The van der Waals surface area contributed by atoms with Gasteiger partial charge in [-0.25, -0.2) is 0 Å². The molecule has 0 aliphatic heterocycles. The molecule has 0 saturated carbocycles. The van der Waals surface area contributed by atoms with Crippen molar-refractivity contribution < 1.29 is 14.3 Å². The SMILES string of the molecule is CCCCCCCCC(CCCCCC)C(=O)NCCOC(C)(C)OCCN. The molecule has 1 amide bonds. The van der Waals surface area contributed by atoms with E-state index in [1.165, 1.54) is 51.4 Å². The molecular weight excluding hydrogens is 352 g/mol. The van der Waals surface area contributed by atoms with Gasteiger partial charge in [-0.2, -0.15) is 0 Å². The largest absolute Gasteiger partial charge is 0.354 e. The Kier molecular flexibility index (Phi) is 18.0. The van der Waals surface area contributed by atoms with Crippen molar-refractivity contribution in [1.82, 2.24) is 5.32 Å². The number of amides is 1. The Labute approximate surface area is 174 Å². The van der Waals surface area contributed by atoms with Crippen molar-refractivity contribution >= 4 is 5.91 Å². The molecule has 5 heteroatoms. The first-order valence-electron chi connectivity index (χ1n) is 11.7. The van der Waals surface area contributed by atoms with Crippen molar-refractivity contribution in [2.75, 3.05) is 26.3 Å². The molecular formula is C23H48N2O3. The van der Waals surface area contributed by atoms with Crippen LogP contribution in [-0.2, 0) is 14.3 Å². The summed E-state index contributed by atoms with van der Waals surface area (Å²) < 4.78 is 11.3. The van der Waals surface area contributed by atoms with E-state index < -0.39 is 5.79 Å². The molecule has 0 heterocycles. The molecule has 5 nitrogen and oxygen atoms in total. The lowest BCUT2D eigenvalue weighted by Crippen LogP contribution is -2.37. The highest BCUT2D eigenvalue weighted by Gasteiger charge is 2.20. The summed E-state index contributed by atoms with van der Waals surface area (Å²) in [5.41, 5.74) is 5.46. The molecule has 0 aromatic rings. The second-order valence-corrected chi connectivity index (χ2v) is 8.28. The van der Waals surface area contributed by atoms with Gasteiger partial charge in [0.2, 0.25) is 5.91 Å². The summed E-state index contributed by atoms with van der Waals surface area (Å²) in [7, 11) is 0. The van der Waals surface area contributed by atoms with E-state index in [-0.39, 0.29) is 11.8 Å². The maximum absolute atomic E-state index is 12.7. The van der Waals surface area contributed by atoms with E-state index in [0.717, 1.165) is 25.7 Å². The second-order valence-electron chi connectivity index (χ2n) is 8.28. The van der Waals surface area contributed by atoms with Gasteiger partial charge in [0.1, 0.15) is 0 Å². The molecule has 0 saturated heterocycles. The molecule has 0 aliphatic carbocycles. The van der Waals surface area contributed by atoms with Crippen LogP contribution in [-0.4, -0.2) is 38.0 Å². The average Bonchev–Trinajstić information content (AvgIpc) is 2.67. The highest BCUT2D eigenvalue weighted by Crippen LogP contribution is 2.19. The fourth-order valence-corrected chi connectivity index (χ4v) is 3.36. The number of hydrogen-bond acceptors (Lipinski definition) is 4. The molecule has 0 aromatic heterocycles. The second kappa shape index (κ2) is 18.4. The predicted molar refractivity (Wildman–Crippen MR) is 118 cm³/mol. The third-order valence-corrected chi connectivity index (χ3v) is 5.10. The standard InChI is InChI=1S/C23H48N2O3/c1-5-7-9-11-12-14-16-21(15-13-10-8-6-2)22(26)25-18-20-28-23(3,4)27-19-17-24/h21H,5-20,24H2,1-4H3,(H,25,26). The minimum absolute atomic E-state index is 0.143. The summed E-state index contributed by atoms with van der Waals surface area (Å²) in [5.74, 6) is -0.332. The number of unbranched alkanes of at least 4 members (excludes halogenated alkanes) is 8. The van der Waals surface area contributed by atoms with Crippen LogP contribution in [0.5, 0.6) is 0 Å². The molecule has 0 bridgehead atoms. The number of carbonyl (C=O) groups excluding carboxylic acids is 1. The lowest BCUT2D eigenvalue weighted by molar-refractivity contribution is -0.210. The maximum atomic E-state index is 12.7. The molecule has 168 valence electrons. The van der Waals surface area contributed by atoms with Crippen LogP contribution in [0.25, 0.3) is 0 Å². The van der Waals surface area contributed by atoms with Gasteiger partial charge in [0.05, 0.1) is 13.2 Å². The molecule has 0 spiro atoms. The summed E-state index contributed by atoms with van der Waals surface area (Å²) >= 11 is 0. The van der Waals surface area contributed by atoms with E-state index in [2.05, 4.69) is 19.2 Å². The van der Waals surface area contributed by atoms with Crippen molar-refractivity contribution in [3.63, 3.8) is 0 Å². The lowest BCUT2D eigenvalue weighted by Gasteiger charge is -2.25. The van der Waals surface area contributed by atoms with E-state index in [1.54, 1.807) is 0 Å². The lowest BCUT2D eigenvalue weighted by atomic mass is 9.93. The predicted octanol–water partition coefficient (Wildman–Crippen LogP) is 5.17. The summed E-state index contributed by atoms with van der Waals surface area (Å²) in [6.45, 7) is 10.1. The first kappa shape index (κ1) is 27.4. The van der Waals surface area contributed by atoms with Crippen LogP contribution in [0.1, 0.15) is 105 Å². The highest BCUT2D eigenvalue weighted by atomic mass is 16.7. The van der Waals surface area contributed by atoms with E-state index in [9.17, 15) is 4.79 Å². The molecule has 28 heavy (non-hydrogen) atoms. The number of hydrogen-bond donors (Lipinski definition) is 2. The molecule has 0 radical (unpaired) electrons. The van der Waals surface area contributed by atoms with Gasteiger partial charge in [-0.15, -0.1) is 0 Å². The summed E-state index contributed by atoms with van der Waals surface area (Å²) in [6, 6.07) is 0. The van der Waals surface area contributed by atoms with Gasteiger partial charge in [-0.1, -0.05) is 78.1 Å². The fourth-order valence-electron chi connectivity index (χ4n) is 3.36. The van der Waals surface area contributed by atoms with Gasteiger partial charge < -0.3 is 20.5 Å². The first-order valence-corrected chi connectivity index (χ1v) is 11.7. The summed E-state index contributed by atoms with van der Waals surface area (Å²) in [4.78, 5) is 12.7. The Morgan fingerprint density at radius 3 is 1.93 bits per heavy atom. The average molecular weight is 401 g/mol. The Morgan fingerprint density at radius 2 is 1.36 bits per heavy atom. The minimum Gasteiger partial charge on any atom is -0.354 e. The van der Waals surface area contributed by atoms with Crippen molar-refractivity contribution in [1.29, 1.82) is 0 Å². The number of nitrogens with one attached hydrogen (secondary N) is 1. The Bertz CT molecular complexity index is 362. The van der Waals surface area contributed by atoms with E-state index >= 15 is 0 Å². The van der Waals surface area contributed by atoms with Gasteiger partial charge in [0, 0.05) is 19.0 Å². The monoisotopic (exact) mass is 400 g/mol. The van der Waals surface area contributed by atoms with Crippen LogP contribution in [0.3, 0.4) is 0 Å². The third-order valence-electron chi connectivity index (χ3n) is 5.10. The summed E-state index contributed by atoms with van der Waals surface area (Å²) in [5, 5.41) is 3.07. The molecule has 1 atom stereocenters. The van der Waals surface area contributed by atoms with Crippen LogP contribution >= 0.6 is 0 Å². The van der Waals surface area contributed by atoms with Crippen molar-refractivity contribution in [3.8, 4) is 0 Å². The molecule has 3 N–H and O–H groups in total. The number of carbonyl (C=O) groups is 1. The third kappa shape index (κ3) is 16.3. The van der Waals surface area contributed by atoms with Gasteiger partial charge in [0.25, 0.3) is 0 Å². The van der Waals surface area contributed by atoms with Gasteiger partial charge in [-0.3, -0.25) is 4.79 Å². The zero-order valence-corrected chi connectivity index (χ0v) is 19.2. The zero-order valence-electron chi connectivity index (χ0n) is 19.2. The van der Waals surface area contributed by atoms with E-state index in [4.69, 9.17) is 15.2 Å². The molecule has 0 rings (SSSR count). The number of ether oxygens (including phenoxy) is 2. The zero-order chi connectivity index (χ0) is 21.1. The Balaban J connectivity index is 4.18. The van der Waals surface area contributed by atoms with Crippen molar-refractivity contribution in [2.45, 2.75) is 111 Å². The van der Waals surface area contributed by atoms with Crippen molar-refractivity contribution in [3.05, 3.63) is 0 Å². The Hall–Kier alpha value is -0.650. The van der Waals surface area contributed by atoms with Crippen LogP contribution in [0, 0.1) is 5.92 Å². The van der Waals surface area contributed by atoms with Crippen LogP contribution in [0.4, 0.5) is 0 Å². The Morgan fingerprint density at radius 1 is 0.857 bits per heavy atom. The quantitative estimate of drug-likeness (QED) is 0.218. The van der Waals surface area contributed by atoms with E-state index in [1.807, 2.05) is 13.8 Å². The molecule has 1 unspecified atom stereocenters. The van der Waals surface area contributed by atoms with Crippen LogP contribution in [0.15, 0.2) is 0 Å². The molecule has 0 fully saturated rings. The van der Waals surface area contributed by atoms with E-state index in [0.29, 0.717) is 26.3 Å². The number of rotatable bonds is 20. The van der Waals surface area contributed by atoms with Crippen molar-refractivity contribution in [2.24, 2.45) is 11.7 Å². The van der Waals surface area contributed by atoms with Gasteiger partial charge in [-0.05, 0) is 26.7 Å². The van der Waals surface area contributed by atoms with Crippen LogP contribution in [0.2, 0.25) is 0 Å². The topological polar surface area (TPSA) is 73.6 Å². The highest BCUT2D eigenvalue weighted by molar-refractivity contribution is 5.78. The molecule has 0 aliphatic rings. The summed E-state index contributed by atoms with van der Waals surface area (Å²) in [6.07, 6.45) is 14.5. The number of nitrogens with two attached hydrogens (primary N) is 1. The first-order chi connectivity index (χ1) is 13.5. The maximum Gasteiger partial charge on any atom is 0.223 e. The van der Waals surface area contributed by atoms with Crippen LogP contribution < -0.4 is 11.1 Å². The fraction of sp³-hybridized carbons (Fsp3) is 0.957. The smallest absolute Gasteiger partial charge is 0.223 e. The normalized spacial score (nSPS) is 12.9.